The van der Waals surface area contributed by atoms with E-state index in [-0.39, 0.29) is 5.95 Å². The van der Waals surface area contributed by atoms with Gasteiger partial charge in [0, 0.05) is 34.9 Å². The molecule has 0 fully saturated rings. The van der Waals surface area contributed by atoms with Crippen molar-refractivity contribution in [1.29, 1.82) is 0 Å². The van der Waals surface area contributed by atoms with Crippen LogP contribution < -0.4 is 10.1 Å². The lowest BCUT2D eigenvalue weighted by Gasteiger charge is -2.11. The van der Waals surface area contributed by atoms with Crippen LogP contribution in [0.3, 0.4) is 0 Å². The van der Waals surface area contributed by atoms with E-state index >= 15 is 0 Å². The lowest BCUT2D eigenvalue weighted by Crippen LogP contribution is -2.20. The number of nitrogens with zero attached hydrogens (tertiary/aromatic N) is 4. The highest BCUT2D eigenvalue weighted by Crippen LogP contribution is 2.32. The average molecular weight is 448 g/mol. The van der Waals surface area contributed by atoms with Crippen molar-refractivity contribution in [3.63, 3.8) is 0 Å². The van der Waals surface area contributed by atoms with Crippen LogP contribution in [0, 0.1) is 15.9 Å². The Morgan fingerprint density at radius 2 is 1.97 bits per heavy atom. The van der Waals surface area contributed by atoms with E-state index in [4.69, 9.17) is 0 Å². The molecule has 0 saturated heterocycles. The molecule has 3 heterocycles. The Bertz CT molecular complexity index is 1310. The summed E-state index contributed by atoms with van der Waals surface area (Å²) in [7, 11) is 0. The Morgan fingerprint density at radius 3 is 2.72 bits per heavy atom. The smallest absolute Gasteiger partial charge is 0.422 e. The summed E-state index contributed by atoms with van der Waals surface area (Å²) < 4.78 is 56.1. The third-order valence-corrected chi connectivity index (χ3v) is 4.24. The average Bonchev–Trinajstić information content (AvgIpc) is 3.17. The maximum absolute atomic E-state index is 13.9. The fourth-order valence-corrected chi connectivity index (χ4v) is 2.91. The highest BCUT2D eigenvalue weighted by molar-refractivity contribution is 5.94. The minimum absolute atomic E-state index is 0.141. The van der Waals surface area contributed by atoms with E-state index in [0.29, 0.717) is 11.8 Å². The van der Waals surface area contributed by atoms with Gasteiger partial charge in [-0.2, -0.15) is 17.6 Å². The zero-order valence-corrected chi connectivity index (χ0v) is 15.9. The number of halogens is 4. The van der Waals surface area contributed by atoms with Crippen LogP contribution in [0.25, 0.3) is 22.2 Å². The number of nitrogens with one attached hydrogen (secondary N) is 2. The molecule has 0 unspecified atom stereocenters. The van der Waals surface area contributed by atoms with Gasteiger partial charge in [-0.3, -0.25) is 5.32 Å². The number of ether oxygens (including phenoxy) is 1. The van der Waals surface area contributed by atoms with E-state index in [1.54, 1.807) is 12.3 Å². The molecule has 9 nitrogen and oxygen atoms in total. The molecule has 0 radical (unpaired) electrons. The Kier molecular flexibility index (Phi) is 5.30. The minimum atomic E-state index is -4.72. The van der Waals surface area contributed by atoms with E-state index in [9.17, 15) is 27.7 Å². The van der Waals surface area contributed by atoms with Crippen molar-refractivity contribution in [2.24, 2.45) is 0 Å². The first-order valence-electron chi connectivity index (χ1n) is 8.92. The number of rotatable bonds is 6. The molecule has 0 bridgehead atoms. The van der Waals surface area contributed by atoms with Crippen molar-refractivity contribution >= 4 is 28.5 Å². The molecule has 164 valence electrons. The number of H-pyrrole nitrogens is 1. The Balaban J connectivity index is 1.71. The third-order valence-electron chi connectivity index (χ3n) is 4.24. The van der Waals surface area contributed by atoms with Crippen LogP contribution in [0.15, 0.2) is 48.8 Å². The van der Waals surface area contributed by atoms with Crippen molar-refractivity contribution < 1.29 is 27.2 Å². The fraction of sp³-hybridized carbons (Fsp3) is 0.105. The summed E-state index contributed by atoms with van der Waals surface area (Å²) in [6, 6.07) is 9.47. The van der Waals surface area contributed by atoms with Crippen LogP contribution in [0.5, 0.6) is 5.75 Å². The Hall–Kier alpha value is -4.29. The number of hydrogen-bond donors (Lipinski definition) is 2. The normalized spacial score (nSPS) is 11.5. The van der Waals surface area contributed by atoms with Crippen molar-refractivity contribution in [3.8, 4) is 17.0 Å². The molecule has 0 saturated carbocycles. The van der Waals surface area contributed by atoms with E-state index in [2.05, 4.69) is 30.0 Å². The first-order chi connectivity index (χ1) is 15.2. The molecule has 0 spiro atoms. The number of pyridine rings is 1. The van der Waals surface area contributed by atoms with E-state index in [1.165, 1.54) is 6.20 Å². The lowest BCUT2D eigenvalue weighted by atomic mass is 10.1. The Morgan fingerprint density at radius 1 is 1.19 bits per heavy atom. The largest absolute Gasteiger partial charge is 0.478 e. The minimum Gasteiger partial charge on any atom is -0.478 e. The molecular formula is C19H12F4N6O3. The van der Waals surface area contributed by atoms with Crippen molar-refractivity contribution in [2.45, 2.75) is 6.18 Å². The molecule has 0 atom stereocenters. The van der Waals surface area contributed by atoms with Gasteiger partial charge in [0.05, 0.1) is 5.69 Å². The second-order valence-electron chi connectivity index (χ2n) is 6.44. The van der Waals surface area contributed by atoms with Crippen LogP contribution in [0.2, 0.25) is 0 Å². The van der Waals surface area contributed by atoms with Crippen molar-refractivity contribution in [1.82, 2.24) is 19.9 Å². The summed E-state index contributed by atoms with van der Waals surface area (Å²) in [6.07, 6.45) is -1.63. The number of fused-ring (bicyclic) bond motifs is 1. The van der Waals surface area contributed by atoms with E-state index in [1.807, 2.05) is 24.3 Å². The number of para-hydroxylation sites is 1. The number of aromatic nitrogens is 4. The zero-order valence-electron chi connectivity index (χ0n) is 15.9. The van der Waals surface area contributed by atoms with Gasteiger partial charge in [0.2, 0.25) is 11.8 Å². The summed E-state index contributed by atoms with van der Waals surface area (Å²) in [5, 5.41) is 14.3. The van der Waals surface area contributed by atoms with Crippen LogP contribution in [-0.2, 0) is 0 Å². The van der Waals surface area contributed by atoms with Gasteiger partial charge in [0.25, 0.3) is 5.82 Å². The topological polar surface area (TPSA) is 119 Å². The SMILES string of the molecule is O=[N+]([O-])c1nc(Nc2nccc(-c3c[nH]c4ccccc34)n2)c(OCC(F)(F)F)cc1F. The number of benzene rings is 1. The maximum Gasteiger partial charge on any atom is 0.422 e. The number of hydrogen-bond acceptors (Lipinski definition) is 7. The number of alkyl halides is 3. The molecule has 3 aromatic heterocycles. The van der Waals surface area contributed by atoms with E-state index in [0.717, 1.165) is 16.5 Å². The molecule has 0 amide bonds. The molecule has 0 aliphatic carbocycles. The first kappa shape index (κ1) is 21.0. The molecule has 2 N–H and O–H groups in total. The molecule has 4 rings (SSSR count). The van der Waals surface area contributed by atoms with Gasteiger partial charge in [0.1, 0.15) is 0 Å². The molecule has 1 aromatic carbocycles. The van der Waals surface area contributed by atoms with E-state index < -0.39 is 40.9 Å². The number of anilines is 2. The van der Waals surface area contributed by atoms with Gasteiger partial charge < -0.3 is 19.8 Å². The Labute approximate surface area is 176 Å². The van der Waals surface area contributed by atoms with Gasteiger partial charge in [-0.1, -0.05) is 18.2 Å². The first-order valence-corrected chi connectivity index (χ1v) is 8.92. The van der Waals surface area contributed by atoms with Crippen LogP contribution in [-0.4, -0.2) is 37.6 Å². The molecule has 32 heavy (non-hydrogen) atoms. The van der Waals surface area contributed by atoms with Gasteiger partial charge in [-0.05, 0) is 22.0 Å². The highest BCUT2D eigenvalue weighted by Gasteiger charge is 2.31. The molecule has 0 aliphatic heterocycles. The standard InChI is InChI=1S/C19H12F4N6O3/c20-12-7-15(32-9-19(21,22)23)16(27-17(12)29(30)31)28-18-24-6-5-14(26-18)11-8-25-13-4-2-1-3-10(11)13/h1-8,25H,9H2,(H,24,26,27,28). The van der Waals surface area contributed by atoms with Crippen molar-refractivity contribution in [2.75, 3.05) is 11.9 Å². The summed E-state index contributed by atoms with van der Waals surface area (Å²) in [6.45, 7) is -1.75. The quantitative estimate of drug-likeness (QED) is 0.248. The predicted octanol–water partition coefficient (Wildman–Crippen LogP) is 4.75. The third kappa shape index (κ3) is 4.40. The van der Waals surface area contributed by atoms with Crippen LogP contribution in [0.1, 0.15) is 0 Å². The predicted molar refractivity (Wildman–Crippen MR) is 105 cm³/mol. The van der Waals surface area contributed by atoms with Gasteiger partial charge in [-0.15, -0.1) is 0 Å². The van der Waals surface area contributed by atoms with Crippen LogP contribution >= 0.6 is 0 Å². The zero-order chi connectivity index (χ0) is 22.9. The maximum atomic E-state index is 13.9. The van der Waals surface area contributed by atoms with Gasteiger partial charge in [-0.25, -0.2) is 9.97 Å². The second-order valence-corrected chi connectivity index (χ2v) is 6.44. The van der Waals surface area contributed by atoms with Gasteiger partial charge in [0.15, 0.2) is 12.4 Å². The summed E-state index contributed by atoms with van der Waals surface area (Å²) in [5.74, 6) is -4.02. The summed E-state index contributed by atoms with van der Waals surface area (Å²) >= 11 is 0. The number of nitro groups is 1. The highest BCUT2D eigenvalue weighted by atomic mass is 19.4. The summed E-state index contributed by atoms with van der Waals surface area (Å²) in [5.41, 5.74) is 2.03. The van der Waals surface area contributed by atoms with Crippen molar-refractivity contribution in [3.05, 3.63) is 64.7 Å². The number of aromatic amines is 1. The van der Waals surface area contributed by atoms with Gasteiger partial charge >= 0.3 is 12.0 Å². The molecule has 0 aliphatic rings. The second kappa shape index (κ2) is 8.09. The fourth-order valence-electron chi connectivity index (χ4n) is 2.91. The summed E-state index contributed by atoms with van der Waals surface area (Å²) in [4.78, 5) is 24.7. The lowest BCUT2D eigenvalue weighted by molar-refractivity contribution is -0.392. The molecule has 4 aromatic rings. The molecular weight excluding hydrogens is 436 g/mol. The van der Waals surface area contributed by atoms with Crippen LogP contribution in [0.4, 0.5) is 35.1 Å². The molecule has 13 heteroatoms. The monoisotopic (exact) mass is 448 g/mol.